The molecular formula is C74H78ClF6N21S3. The molecule has 21 nitrogen and oxygen atoms in total. The van der Waals surface area contributed by atoms with E-state index in [1.807, 2.05) is 63.4 Å². The summed E-state index contributed by atoms with van der Waals surface area (Å²) in [6, 6.07) is 23.7. The minimum Gasteiger partial charge on any atom is -0.367 e. The first kappa shape index (κ1) is 73.9. The lowest BCUT2D eigenvalue weighted by Gasteiger charge is -2.35. The third kappa shape index (κ3) is 17.8. The predicted molar refractivity (Wildman–Crippen MR) is 417 cm³/mol. The molecule has 6 aliphatic heterocycles. The third-order valence-corrected chi connectivity index (χ3v) is 20.4. The monoisotopic (exact) mass is 1510 g/mol. The molecule has 546 valence electrons. The Balaban J connectivity index is 0.000000140. The Morgan fingerprint density at radius 1 is 0.486 bits per heavy atom. The number of nitrogens with zero attached hydrogens (tertiary/aromatic N) is 14. The average Bonchev–Trinajstić information content (AvgIpc) is 1.73. The summed E-state index contributed by atoms with van der Waals surface area (Å²) in [5.74, 6) is 3.93. The van der Waals surface area contributed by atoms with Crippen molar-refractivity contribution in [3.63, 3.8) is 0 Å². The van der Waals surface area contributed by atoms with E-state index >= 15 is 0 Å². The summed E-state index contributed by atoms with van der Waals surface area (Å²) >= 11 is 22.3. The molecule has 0 radical (unpaired) electrons. The van der Waals surface area contributed by atoms with Gasteiger partial charge in [-0.1, -0.05) is 60.4 Å². The first-order valence-electron chi connectivity index (χ1n) is 34.4. The number of hydrogen-bond donors (Lipinski definition) is 7. The highest BCUT2D eigenvalue weighted by atomic mass is 35.5. The van der Waals surface area contributed by atoms with Gasteiger partial charge in [0, 0.05) is 139 Å². The van der Waals surface area contributed by atoms with Crippen molar-refractivity contribution in [2.24, 2.45) is 0 Å². The van der Waals surface area contributed by atoms with E-state index in [2.05, 4.69) is 132 Å². The number of halogens is 7. The zero-order valence-corrected chi connectivity index (χ0v) is 62.0. The number of nitrogens with one attached hydrogen (secondary N) is 7. The Morgan fingerprint density at radius 3 is 1.39 bits per heavy atom. The molecule has 0 bridgehead atoms. The number of aryl methyl sites for hydroxylation is 3. The fraction of sp³-hybridized carbons (Fsp3) is 0.351. The normalized spacial score (nSPS) is 16.4. The number of thiocarbonyl (C=S) groups is 3. The molecule has 12 heterocycles. The van der Waals surface area contributed by atoms with Crippen LogP contribution in [0.2, 0.25) is 5.02 Å². The van der Waals surface area contributed by atoms with Crippen molar-refractivity contribution in [3.05, 3.63) is 160 Å². The van der Waals surface area contributed by atoms with E-state index in [-0.39, 0.29) is 11.4 Å². The van der Waals surface area contributed by atoms with Gasteiger partial charge in [-0.15, -0.1) is 0 Å². The number of piperazine rings is 1. The van der Waals surface area contributed by atoms with Crippen molar-refractivity contribution in [3.8, 4) is 33.8 Å². The summed E-state index contributed by atoms with van der Waals surface area (Å²) in [7, 11) is 8.51. The lowest BCUT2D eigenvalue weighted by atomic mass is 10.0. The molecule has 0 aliphatic carbocycles. The number of fused-ring (bicyclic) bond motifs is 9. The van der Waals surface area contributed by atoms with Crippen molar-refractivity contribution >= 4 is 133 Å². The molecule has 0 atom stereocenters. The molecule has 0 amide bonds. The molecular weight excluding hydrogens is 1430 g/mol. The van der Waals surface area contributed by atoms with E-state index in [0.717, 1.165) is 192 Å². The van der Waals surface area contributed by atoms with Gasteiger partial charge in [0.2, 0.25) is 17.8 Å². The number of likely N-dealkylation sites (tertiary alicyclic amines) is 2. The Labute approximate surface area is 625 Å². The van der Waals surface area contributed by atoms with Gasteiger partial charge in [0.15, 0.2) is 0 Å². The van der Waals surface area contributed by atoms with Gasteiger partial charge in [-0.2, -0.15) is 26.3 Å². The Hall–Kier alpha value is -9.43. The number of rotatable bonds is 11. The highest BCUT2D eigenvalue weighted by Gasteiger charge is 2.35. The number of anilines is 12. The van der Waals surface area contributed by atoms with Gasteiger partial charge in [-0.3, -0.25) is 0 Å². The highest BCUT2D eigenvalue weighted by molar-refractivity contribution is 7.81. The van der Waals surface area contributed by atoms with Crippen molar-refractivity contribution in [1.82, 2.24) is 59.6 Å². The molecule has 0 saturated carbocycles. The number of aromatic nitrogens is 9. The summed E-state index contributed by atoms with van der Waals surface area (Å²) in [4.78, 5) is 54.8. The van der Waals surface area contributed by atoms with Crippen LogP contribution in [0.25, 0.3) is 33.8 Å². The van der Waals surface area contributed by atoms with Crippen LogP contribution >= 0.6 is 48.3 Å². The second-order valence-electron chi connectivity index (χ2n) is 27.1. The lowest BCUT2D eigenvalue weighted by molar-refractivity contribution is -0.138. The molecule has 105 heavy (non-hydrogen) atoms. The number of piperidine rings is 2. The Morgan fingerprint density at radius 2 is 0.924 bits per heavy atom. The summed E-state index contributed by atoms with van der Waals surface area (Å²) in [6.45, 7) is 14.3. The molecule has 9 aromatic rings. The molecule has 3 aromatic carbocycles. The van der Waals surface area contributed by atoms with Crippen LogP contribution in [0.1, 0.15) is 70.5 Å². The van der Waals surface area contributed by atoms with E-state index in [1.54, 1.807) is 18.6 Å². The molecule has 0 spiro atoms. The number of benzene rings is 3. The first-order valence-corrected chi connectivity index (χ1v) is 36.0. The zero-order chi connectivity index (χ0) is 74.0. The van der Waals surface area contributed by atoms with E-state index < -0.39 is 23.5 Å². The maximum absolute atomic E-state index is 13.3. The van der Waals surface area contributed by atoms with Crippen LogP contribution in [-0.4, -0.2) is 167 Å². The van der Waals surface area contributed by atoms with Gasteiger partial charge in [-0.25, -0.2) is 44.9 Å². The van der Waals surface area contributed by atoms with Crippen LogP contribution < -0.4 is 47.0 Å². The van der Waals surface area contributed by atoms with Crippen molar-refractivity contribution < 1.29 is 26.3 Å². The summed E-state index contributed by atoms with van der Waals surface area (Å²) < 4.78 is 79.7. The largest absolute Gasteiger partial charge is 0.416 e. The predicted octanol–water partition coefficient (Wildman–Crippen LogP) is 15.1. The van der Waals surface area contributed by atoms with Crippen LogP contribution in [0.5, 0.6) is 0 Å². The number of likely N-dealkylation sites (N-methyl/N-ethyl adjacent to an activating group) is 1. The quantitative estimate of drug-likeness (QED) is 0.0473. The molecule has 6 aromatic heterocycles. The molecule has 31 heteroatoms. The second kappa shape index (κ2) is 31.3. The van der Waals surface area contributed by atoms with Gasteiger partial charge in [-0.05, 0) is 172 Å². The summed E-state index contributed by atoms with van der Waals surface area (Å²) in [5, 5.41) is 23.1. The lowest BCUT2D eigenvalue weighted by Crippen LogP contribution is -2.44. The summed E-state index contributed by atoms with van der Waals surface area (Å²) in [6.07, 6.45) is 3.58. The molecule has 0 unspecified atom stereocenters. The molecule has 3 fully saturated rings. The third-order valence-electron chi connectivity index (χ3n) is 19.4. The molecule has 6 aliphatic rings. The maximum Gasteiger partial charge on any atom is 0.416 e. The van der Waals surface area contributed by atoms with E-state index in [1.165, 1.54) is 12.1 Å². The minimum absolute atomic E-state index is 0.278. The minimum atomic E-state index is -4.45. The Bertz CT molecular complexity index is 4770. The SMILES string of the molecule is Cc1cc(NC2CCN(C)CC2)ncc1Nc1ncc2c(n1)-c1ccc(C(F)(F)F)cc1NC(=S)C2.Cc1nc(N(C)C2CCN(C)CC2)ccc1Nc1ncc2c(n1)-c1ccc(C(F)(F)F)cc1NC(=S)C2.Cc1nc(N2CCN(C)CC2)ccc1Nc1ncc2c(n1)-c1ccc(Cl)cc1NC(=S)C2. The zero-order valence-electron chi connectivity index (χ0n) is 58.8. The number of hydrogen-bond acceptors (Lipinski definition) is 21. The van der Waals surface area contributed by atoms with Gasteiger partial charge in [0.25, 0.3) is 0 Å². The summed E-state index contributed by atoms with van der Waals surface area (Å²) in [5.41, 5.74) is 11.4. The highest BCUT2D eigenvalue weighted by Crippen LogP contribution is 2.42. The van der Waals surface area contributed by atoms with Crippen LogP contribution in [-0.2, 0) is 31.6 Å². The second-order valence-corrected chi connectivity index (χ2v) is 29.0. The molecule has 7 N–H and O–H groups in total. The molecule has 3 saturated heterocycles. The van der Waals surface area contributed by atoms with Crippen molar-refractivity contribution in [2.45, 2.75) is 90.2 Å². The first-order chi connectivity index (χ1) is 50.2. The molecule has 15 rings (SSSR count). The van der Waals surface area contributed by atoms with E-state index in [0.29, 0.717) is 86.7 Å². The number of alkyl halides is 6. The van der Waals surface area contributed by atoms with E-state index in [9.17, 15) is 26.3 Å². The maximum atomic E-state index is 13.3. The van der Waals surface area contributed by atoms with Gasteiger partial charge in [0.1, 0.15) is 17.5 Å². The van der Waals surface area contributed by atoms with Crippen LogP contribution in [0.4, 0.5) is 95.8 Å². The Kier molecular flexibility index (Phi) is 22.0. The van der Waals surface area contributed by atoms with Crippen LogP contribution in [0.3, 0.4) is 0 Å². The van der Waals surface area contributed by atoms with Crippen LogP contribution in [0, 0.1) is 20.8 Å². The smallest absolute Gasteiger partial charge is 0.367 e. The van der Waals surface area contributed by atoms with Crippen LogP contribution in [0.15, 0.2) is 110 Å². The fourth-order valence-electron chi connectivity index (χ4n) is 13.3. The van der Waals surface area contributed by atoms with Crippen molar-refractivity contribution in [2.75, 3.05) is 128 Å². The number of pyridine rings is 3. The fourth-order valence-corrected chi connectivity index (χ4v) is 14.3. The van der Waals surface area contributed by atoms with Gasteiger partial charge in [0.05, 0.1) is 77.8 Å². The topological polar surface area (TPSA) is 216 Å². The van der Waals surface area contributed by atoms with Gasteiger partial charge >= 0.3 is 12.4 Å². The van der Waals surface area contributed by atoms with E-state index in [4.69, 9.17) is 63.2 Å². The standard InChI is InChI=1S/C26H28F3N7S.C25H26F3N7S.C23H24ClN7S/c1-15-20(6-7-22(31-15)36(3)18-8-10-35(2)11-9-18)33-25-30-14-16-12-23(37)32-21-13-17(26(27,28)29)4-5-19(21)24(16)34-25;1-14-9-21(31-17-5-7-35(2)8-6-17)29-13-20(14)33-24-30-12-15-10-22(36)32-19-11-16(25(26,27)28)3-4-18(19)23(15)34-24;1-14-18(5-6-20(26-14)31-9-7-30(2)8-10-31)28-23-25-13-15-11-21(32)27-19-12-16(24)3-4-17(19)22(15)29-23/h4-7,13-14,18H,8-12H2,1-3H3,(H,32,37)(H,30,33,34);3-4,9,11-13,17H,5-8,10H2,1-2H3,(H,29,31)(H,32,36)(H,30,33,34);3-6,12-13H,7-11H2,1-2H3,(H,27,32)(H,25,28,29). The van der Waals surface area contributed by atoms with Crippen molar-refractivity contribution in [1.29, 1.82) is 0 Å². The van der Waals surface area contributed by atoms with Gasteiger partial charge < -0.3 is 61.7 Å². The average molecular weight is 1510 g/mol.